The zero-order chi connectivity index (χ0) is 20.6. The number of rotatable bonds is 7. The van der Waals surface area contributed by atoms with Gasteiger partial charge in [-0.25, -0.2) is 4.39 Å². The second-order valence-electron chi connectivity index (χ2n) is 6.70. The highest BCUT2D eigenvalue weighted by Gasteiger charge is 2.19. The monoisotopic (exact) mass is 400 g/mol. The normalized spacial score (nSPS) is 14.3. The average molecular weight is 400 g/mol. The van der Waals surface area contributed by atoms with Gasteiger partial charge in [-0.3, -0.25) is 14.5 Å². The van der Waals surface area contributed by atoms with Crippen LogP contribution < -0.4 is 20.7 Å². The molecule has 0 unspecified atom stereocenters. The lowest BCUT2D eigenvalue weighted by Gasteiger charge is -2.27. The van der Waals surface area contributed by atoms with Gasteiger partial charge in [-0.05, 0) is 30.3 Å². The van der Waals surface area contributed by atoms with Crippen LogP contribution in [-0.4, -0.2) is 63.1 Å². The zero-order valence-electron chi connectivity index (χ0n) is 16.3. The Hall–Kier alpha value is -2.97. The van der Waals surface area contributed by atoms with E-state index in [1.807, 2.05) is 0 Å². The molecule has 1 saturated heterocycles. The van der Waals surface area contributed by atoms with Crippen LogP contribution in [0.5, 0.6) is 5.75 Å². The summed E-state index contributed by atoms with van der Waals surface area (Å²) in [4.78, 5) is 27.4. The van der Waals surface area contributed by atoms with E-state index in [4.69, 9.17) is 4.74 Å². The van der Waals surface area contributed by atoms with E-state index in [9.17, 15) is 14.0 Å². The largest absolute Gasteiger partial charge is 0.497 e. The number of ether oxygens (including phenoxy) is 1. The van der Waals surface area contributed by atoms with Gasteiger partial charge in [0.2, 0.25) is 0 Å². The van der Waals surface area contributed by atoms with E-state index in [0.29, 0.717) is 24.4 Å². The third-order valence-electron chi connectivity index (χ3n) is 4.74. The molecule has 0 atom stereocenters. The third kappa shape index (κ3) is 5.52. The molecule has 1 aliphatic heterocycles. The van der Waals surface area contributed by atoms with Gasteiger partial charge in [-0.2, -0.15) is 0 Å². The van der Waals surface area contributed by atoms with Crippen LogP contribution in [-0.2, 0) is 0 Å². The van der Waals surface area contributed by atoms with Crippen molar-refractivity contribution in [3.8, 4) is 5.75 Å². The Labute approximate surface area is 169 Å². The van der Waals surface area contributed by atoms with Crippen molar-refractivity contribution in [2.75, 3.05) is 51.7 Å². The molecule has 1 aliphatic rings. The first kappa shape index (κ1) is 20.8. The molecule has 0 spiro atoms. The summed E-state index contributed by atoms with van der Waals surface area (Å²) in [5.74, 6) is -1.17. The Kier molecular flexibility index (Phi) is 7.15. The molecule has 0 aromatic heterocycles. The number of nitrogens with one attached hydrogen (secondary N) is 3. The van der Waals surface area contributed by atoms with Crippen molar-refractivity contribution in [2.24, 2.45) is 0 Å². The van der Waals surface area contributed by atoms with E-state index in [2.05, 4.69) is 20.9 Å². The van der Waals surface area contributed by atoms with Crippen molar-refractivity contribution in [1.82, 2.24) is 15.5 Å². The number of carbonyl (C=O) groups excluding carboxylic acids is 2. The summed E-state index contributed by atoms with van der Waals surface area (Å²) in [5, 5.41) is 8.64. The van der Waals surface area contributed by atoms with Crippen molar-refractivity contribution in [3.63, 3.8) is 0 Å². The fourth-order valence-electron chi connectivity index (χ4n) is 3.17. The molecule has 3 rings (SSSR count). The third-order valence-corrected chi connectivity index (χ3v) is 4.74. The zero-order valence-corrected chi connectivity index (χ0v) is 16.3. The summed E-state index contributed by atoms with van der Waals surface area (Å²) in [6, 6.07) is 10.7. The molecule has 3 N–H and O–H groups in total. The minimum atomic E-state index is -0.687. The van der Waals surface area contributed by atoms with Crippen molar-refractivity contribution in [2.45, 2.75) is 0 Å². The van der Waals surface area contributed by atoms with Gasteiger partial charge in [0.25, 0.3) is 11.8 Å². The maximum Gasteiger partial charge on any atom is 0.256 e. The van der Waals surface area contributed by atoms with E-state index in [1.165, 1.54) is 25.3 Å². The highest BCUT2D eigenvalue weighted by Crippen LogP contribution is 2.21. The second kappa shape index (κ2) is 9.99. The predicted molar refractivity (Wildman–Crippen MR) is 109 cm³/mol. The quantitative estimate of drug-likeness (QED) is 0.659. The van der Waals surface area contributed by atoms with E-state index >= 15 is 0 Å². The first-order chi connectivity index (χ1) is 14.1. The van der Waals surface area contributed by atoms with Gasteiger partial charge in [0.1, 0.15) is 11.6 Å². The predicted octanol–water partition coefficient (Wildman–Crippen LogP) is 1.72. The molecule has 0 bridgehead atoms. The maximum atomic E-state index is 14.4. The van der Waals surface area contributed by atoms with Crippen LogP contribution >= 0.6 is 0 Å². The Morgan fingerprint density at radius 3 is 2.66 bits per heavy atom. The van der Waals surface area contributed by atoms with E-state index < -0.39 is 17.6 Å². The summed E-state index contributed by atoms with van der Waals surface area (Å²) in [5.41, 5.74) is 0.292. The number of hydrogen-bond acceptors (Lipinski definition) is 5. The topological polar surface area (TPSA) is 82.7 Å². The average Bonchev–Trinajstić information content (AvgIpc) is 2.74. The van der Waals surface area contributed by atoms with Crippen LogP contribution in [0.25, 0.3) is 0 Å². The summed E-state index contributed by atoms with van der Waals surface area (Å²) >= 11 is 0. The number of benzene rings is 2. The Bertz CT molecular complexity index is 869. The van der Waals surface area contributed by atoms with Crippen LogP contribution in [0.2, 0.25) is 0 Å². The van der Waals surface area contributed by atoms with Gasteiger partial charge in [-0.1, -0.05) is 12.1 Å². The molecule has 29 heavy (non-hydrogen) atoms. The Morgan fingerprint density at radius 2 is 1.90 bits per heavy atom. The van der Waals surface area contributed by atoms with Crippen molar-refractivity contribution in [3.05, 3.63) is 59.4 Å². The Balaban J connectivity index is 1.67. The van der Waals surface area contributed by atoms with Crippen molar-refractivity contribution < 1.29 is 18.7 Å². The van der Waals surface area contributed by atoms with Gasteiger partial charge in [0.05, 0.1) is 18.4 Å². The van der Waals surface area contributed by atoms with Crippen LogP contribution in [0.15, 0.2) is 42.5 Å². The first-order valence-corrected chi connectivity index (χ1v) is 9.53. The molecule has 0 saturated carbocycles. The number of piperazine rings is 1. The molecular formula is C21H25FN4O3. The number of nitrogens with zero attached hydrogens (tertiary/aromatic N) is 1. The van der Waals surface area contributed by atoms with Crippen LogP contribution in [0.3, 0.4) is 0 Å². The SMILES string of the molecule is COc1cccc(C(=O)Nc2cccc(F)c2C(=O)NCCN2CCNCC2)c1. The summed E-state index contributed by atoms with van der Waals surface area (Å²) in [6.07, 6.45) is 0. The van der Waals surface area contributed by atoms with Crippen LogP contribution in [0.1, 0.15) is 20.7 Å². The van der Waals surface area contributed by atoms with E-state index in [1.54, 1.807) is 24.3 Å². The standard InChI is InChI=1S/C21H25FN4O3/c1-29-16-5-2-4-15(14-16)20(27)25-18-7-3-6-17(22)19(18)21(28)24-10-13-26-11-8-23-9-12-26/h2-7,14,23H,8-13H2,1H3,(H,24,28)(H,25,27). The Morgan fingerprint density at radius 1 is 1.14 bits per heavy atom. The summed E-state index contributed by atoms with van der Waals surface area (Å²) in [6.45, 7) is 4.75. The minimum absolute atomic E-state index is 0.123. The lowest BCUT2D eigenvalue weighted by atomic mass is 10.1. The molecule has 154 valence electrons. The second-order valence-corrected chi connectivity index (χ2v) is 6.70. The molecule has 7 nitrogen and oxygen atoms in total. The van der Waals surface area contributed by atoms with Crippen LogP contribution in [0.4, 0.5) is 10.1 Å². The number of methoxy groups -OCH3 is 1. The van der Waals surface area contributed by atoms with Gasteiger partial charge in [0.15, 0.2) is 0 Å². The van der Waals surface area contributed by atoms with Crippen molar-refractivity contribution in [1.29, 1.82) is 0 Å². The molecule has 2 aromatic carbocycles. The molecule has 0 radical (unpaired) electrons. The van der Waals surface area contributed by atoms with Gasteiger partial charge in [-0.15, -0.1) is 0 Å². The van der Waals surface area contributed by atoms with Gasteiger partial charge in [0, 0.05) is 44.8 Å². The number of hydrogen-bond donors (Lipinski definition) is 3. The molecule has 8 heteroatoms. The molecule has 2 amide bonds. The lowest BCUT2D eigenvalue weighted by Crippen LogP contribution is -2.46. The highest BCUT2D eigenvalue weighted by atomic mass is 19.1. The summed E-state index contributed by atoms with van der Waals surface area (Å²) < 4.78 is 19.5. The fraction of sp³-hybridized carbons (Fsp3) is 0.333. The lowest BCUT2D eigenvalue weighted by molar-refractivity contribution is 0.0944. The number of carbonyl (C=O) groups is 2. The molecule has 2 aromatic rings. The van der Waals surface area contributed by atoms with Gasteiger partial charge < -0.3 is 20.7 Å². The highest BCUT2D eigenvalue weighted by molar-refractivity contribution is 6.09. The minimum Gasteiger partial charge on any atom is -0.497 e. The summed E-state index contributed by atoms with van der Waals surface area (Å²) in [7, 11) is 1.51. The smallest absolute Gasteiger partial charge is 0.256 e. The number of amides is 2. The fourth-order valence-corrected chi connectivity index (χ4v) is 3.17. The molecule has 0 aliphatic carbocycles. The molecule has 1 heterocycles. The maximum absolute atomic E-state index is 14.4. The number of anilines is 1. The van der Waals surface area contributed by atoms with Crippen molar-refractivity contribution >= 4 is 17.5 Å². The van der Waals surface area contributed by atoms with E-state index in [-0.39, 0.29) is 11.3 Å². The molecule has 1 fully saturated rings. The number of halogens is 1. The van der Waals surface area contributed by atoms with E-state index in [0.717, 1.165) is 26.2 Å². The van der Waals surface area contributed by atoms with Crippen LogP contribution in [0, 0.1) is 5.82 Å². The van der Waals surface area contributed by atoms with Gasteiger partial charge >= 0.3 is 0 Å². The first-order valence-electron chi connectivity index (χ1n) is 9.53. The molecular weight excluding hydrogens is 375 g/mol.